The van der Waals surface area contributed by atoms with Crippen molar-refractivity contribution in [2.24, 2.45) is 5.92 Å². The minimum Gasteiger partial charge on any atom is -0.497 e. The Bertz CT molecular complexity index is 1060. The number of nitrogens with zero attached hydrogens (tertiary/aromatic N) is 3. The van der Waals surface area contributed by atoms with E-state index < -0.39 is 5.92 Å². The largest absolute Gasteiger partial charge is 0.497 e. The van der Waals surface area contributed by atoms with Crippen LogP contribution in [0.4, 0.5) is 10.8 Å². The van der Waals surface area contributed by atoms with Gasteiger partial charge in [-0.25, -0.2) is 0 Å². The molecule has 0 spiro atoms. The highest BCUT2D eigenvalue weighted by Gasteiger charge is 2.35. The first-order chi connectivity index (χ1) is 14.5. The molecule has 0 bridgehead atoms. The number of nitrogens with one attached hydrogen (secondary N) is 1. The second kappa shape index (κ2) is 8.62. The Morgan fingerprint density at radius 1 is 1.23 bits per heavy atom. The fraction of sp³-hybridized carbons (Fsp3) is 0.273. The summed E-state index contributed by atoms with van der Waals surface area (Å²) in [6, 6.07) is 15.5. The molecule has 0 radical (unpaired) electrons. The first-order valence-corrected chi connectivity index (χ1v) is 10.5. The van der Waals surface area contributed by atoms with Gasteiger partial charge in [-0.1, -0.05) is 35.6 Å². The fourth-order valence-electron chi connectivity index (χ4n) is 3.43. The van der Waals surface area contributed by atoms with E-state index in [0.717, 1.165) is 27.6 Å². The predicted molar refractivity (Wildman–Crippen MR) is 116 cm³/mol. The zero-order valence-corrected chi connectivity index (χ0v) is 17.6. The van der Waals surface area contributed by atoms with Crippen molar-refractivity contribution < 1.29 is 14.3 Å². The van der Waals surface area contributed by atoms with Crippen LogP contribution in [0.5, 0.6) is 5.75 Å². The lowest BCUT2D eigenvalue weighted by atomic mass is 10.1. The minimum absolute atomic E-state index is 0.0433. The van der Waals surface area contributed by atoms with Gasteiger partial charge in [0.2, 0.25) is 16.9 Å². The molecule has 1 atom stereocenters. The van der Waals surface area contributed by atoms with Crippen molar-refractivity contribution >= 4 is 34.0 Å². The highest BCUT2D eigenvalue weighted by atomic mass is 32.1. The summed E-state index contributed by atoms with van der Waals surface area (Å²) in [5.41, 5.74) is 2.99. The van der Waals surface area contributed by atoms with Gasteiger partial charge in [-0.15, -0.1) is 10.2 Å². The van der Waals surface area contributed by atoms with Crippen molar-refractivity contribution in [3.05, 3.63) is 64.7 Å². The maximum atomic E-state index is 12.7. The summed E-state index contributed by atoms with van der Waals surface area (Å²) >= 11 is 1.34. The number of benzene rings is 2. The third-order valence-corrected chi connectivity index (χ3v) is 5.86. The maximum absolute atomic E-state index is 12.7. The van der Waals surface area contributed by atoms with E-state index in [1.54, 1.807) is 12.0 Å². The second-order valence-corrected chi connectivity index (χ2v) is 8.32. The molecule has 0 saturated carbocycles. The zero-order chi connectivity index (χ0) is 21.1. The third-order valence-electron chi connectivity index (χ3n) is 5.02. The Morgan fingerprint density at radius 3 is 2.77 bits per heavy atom. The highest BCUT2D eigenvalue weighted by Crippen LogP contribution is 2.27. The smallest absolute Gasteiger partial charge is 0.231 e. The molecule has 1 N–H and O–H groups in total. The van der Waals surface area contributed by atoms with E-state index in [1.807, 2.05) is 55.5 Å². The van der Waals surface area contributed by atoms with Crippen molar-refractivity contribution in [2.45, 2.75) is 19.8 Å². The number of rotatable bonds is 6. The number of amides is 2. The lowest BCUT2D eigenvalue weighted by Crippen LogP contribution is -2.28. The number of anilines is 2. The number of carbonyl (C=O) groups excluding carboxylic acids is 2. The Hall–Kier alpha value is -3.26. The van der Waals surface area contributed by atoms with Gasteiger partial charge in [0.15, 0.2) is 0 Å². The van der Waals surface area contributed by atoms with Gasteiger partial charge in [0, 0.05) is 25.1 Å². The van der Waals surface area contributed by atoms with Crippen molar-refractivity contribution in [3.8, 4) is 5.75 Å². The van der Waals surface area contributed by atoms with Crippen LogP contribution in [0.25, 0.3) is 0 Å². The molecule has 2 amide bonds. The van der Waals surface area contributed by atoms with Crippen LogP contribution in [0.3, 0.4) is 0 Å². The molecule has 1 unspecified atom stereocenters. The first kappa shape index (κ1) is 20.0. The molecule has 154 valence electrons. The zero-order valence-electron chi connectivity index (χ0n) is 16.8. The van der Waals surface area contributed by atoms with Crippen molar-refractivity contribution in [1.82, 2.24) is 10.2 Å². The summed E-state index contributed by atoms with van der Waals surface area (Å²) < 4.78 is 5.16. The Kier molecular flexibility index (Phi) is 5.76. The third kappa shape index (κ3) is 4.49. The lowest BCUT2D eigenvalue weighted by molar-refractivity contribution is -0.122. The molecule has 2 aromatic carbocycles. The van der Waals surface area contributed by atoms with E-state index >= 15 is 0 Å². The monoisotopic (exact) mass is 422 g/mol. The van der Waals surface area contributed by atoms with Crippen LogP contribution < -0.4 is 15.0 Å². The molecule has 1 aliphatic heterocycles. The van der Waals surface area contributed by atoms with Gasteiger partial charge in [0.25, 0.3) is 0 Å². The first-order valence-electron chi connectivity index (χ1n) is 9.65. The van der Waals surface area contributed by atoms with Crippen LogP contribution in [0.15, 0.2) is 48.5 Å². The summed E-state index contributed by atoms with van der Waals surface area (Å²) in [7, 11) is 1.63. The van der Waals surface area contributed by atoms with Gasteiger partial charge in [-0.3, -0.25) is 9.59 Å². The molecule has 8 heteroatoms. The van der Waals surface area contributed by atoms with Crippen molar-refractivity contribution in [3.63, 3.8) is 0 Å². The molecule has 3 aromatic rings. The van der Waals surface area contributed by atoms with Crippen LogP contribution in [0.2, 0.25) is 0 Å². The van der Waals surface area contributed by atoms with Gasteiger partial charge >= 0.3 is 0 Å². The summed E-state index contributed by atoms with van der Waals surface area (Å²) in [5, 5.41) is 12.3. The molecule has 4 rings (SSSR count). The average molecular weight is 423 g/mol. The lowest BCUT2D eigenvalue weighted by Gasteiger charge is -2.17. The molecular weight excluding hydrogens is 400 g/mol. The number of carbonyl (C=O) groups is 2. The predicted octanol–water partition coefficient (Wildman–Crippen LogP) is 3.44. The molecule has 1 saturated heterocycles. The Morgan fingerprint density at radius 2 is 2.03 bits per heavy atom. The van der Waals surface area contributed by atoms with Crippen molar-refractivity contribution in [1.29, 1.82) is 0 Å². The summed E-state index contributed by atoms with van der Waals surface area (Å²) in [4.78, 5) is 26.8. The highest BCUT2D eigenvalue weighted by molar-refractivity contribution is 7.15. The quantitative estimate of drug-likeness (QED) is 0.658. The topological polar surface area (TPSA) is 84.4 Å². The van der Waals surface area contributed by atoms with E-state index in [0.29, 0.717) is 18.1 Å². The van der Waals surface area contributed by atoms with Gasteiger partial charge in [0.1, 0.15) is 10.8 Å². The number of hydrogen-bond acceptors (Lipinski definition) is 6. The maximum Gasteiger partial charge on any atom is 0.231 e. The average Bonchev–Trinajstić information content (AvgIpc) is 3.35. The van der Waals surface area contributed by atoms with E-state index in [2.05, 4.69) is 15.5 Å². The van der Waals surface area contributed by atoms with Gasteiger partial charge < -0.3 is 15.0 Å². The molecule has 1 aromatic heterocycles. The van der Waals surface area contributed by atoms with Gasteiger partial charge in [0.05, 0.1) is 13.0 Å². The summed E-state index contributed by atoms with van der Waals surface area (Å²) in [6.45, 7) is 2.35. The number of methoxy groups -OCH3 is 1. The normalized spacial score (nSPS) is 16.0. The Balaban J connectivity index is 1.37. The van der Waals surface area contributed by atoms with Crippen LogP contribution in [-0.4, -0.2) is 35.7 Å². The fourth-order valence-corrected chi connectivity index (χ4v) is 4.21. The molecular formula is C22H22N4O3S. The SMILES string of the molecule is COc1ccc(Cc2nnc(NC(=O)C3CC(=O)N(c4cccc(C)c4)C3)s2)cc1. The van der Waals surface area contributed by atoms with E-state index in [-0.39, 0.29) is 18.2 Å². The van der Waals surface area contributed by atoms with E-state index in [1.165, 1.54) is 11.3 Å². The number of aromatic nitrogens is 2. The molecule has 30 heavy (non-hydrogen) atoms. The Labute approximate surface area is 178 Å². The molecule has 7 nitrogen and oxygen atoms in total. The molecule has 0 aliphatic carbocycles. The number of hydrogen-bond donors (Lipinski definition) is 1. The summed E-state index contributed by atoms with van der Waals surface area (Å²) in [5.74, 6) is 0.144. The standard InChI is InChI=1S/C22H22N4O3S/c1-14-4-3-5-17(10-14)26-13-16(12-20(26)27)21(28)23-22-25-24-19(30-22)11-15-6-8-18(29-2)9-7-15/h3-10,16H,11-13H2,1-2H3,(H,23,25,28). The van der Waals surface area contributed by atoms with E-state index in [9.17, 15) is 9.59 Å². The second-order valence-electron chi connectivity index (χ2n) is 7.26. The minimum atomic E-state index is -0.410. The molecule has 1 fully saturated rings. The number of aryl methyl sites for hydroxylation is 1. The summed E-state index contributed by atoms with van der Waals surface area (Å²) in [6.07, 6.45) is 0.817. The van der Waals surface area contributed by atoms with Crippen LogP contribution in [-0.2, 0) is 16.0 Å². The number of ether oxygens (including phenoxy) is 1. The van der Waals surface area contributed by atoms with Gasteiger partial charge in [-0.05, 0) is 42.3 Å². The van der Waals surface area contributed by atoms with Crippen LogP contribution in [0, 0.1) is 12.8 Å². The molecule has 2 heterocycles. The van der Waals surface area contributed by atoms with Gasteiger partial charge in [-0.2, -0.15) is 0 Å². The molecule has 1 aliphatic rings. The van der Waals surface area contributed by atoms with Crippen LogP contribution >= 0.6 is 11.3 Å². The van der Waals surface area contributed by atoms with E-state index in [4.69, 9.17) is 4.74 Å². The van der Waals surface area contributed by atoms with Crippen LogP contribution in [0.1, 0.15) is 22.6 Å². The van der Waals surface area contributed by atoms with Crippen molar-refractivity contribution in [2.75, 3.05) is 23.9 Å².